The Kier molecular flexibility index (Phi) is 6.97. The molecule has 27 heavy (non-hydrogen) atoms. The second-order valence-electron chi connectivity index (χ2n) is 5.00. The Labute approximate surface area is 166 Å². The summed E-state index contributed by atoms with van der Waals surface area (Å²) < 4.78 is 11.3. The van der Waals surface area contributed by atoms with E-state index in [1.807, 2.05) is 0 Å². The fraction of sp³-hybridized carbons (Fsp3) is 0.125. The van der Waals surface area contributed by atoms with Crippen LogP contribution in [0.5, 0.6) is 17.2 Å². The van der Waals surface area contributed by atoms with Crippen molar-refractivity contribution in [3.8, 4) is 17.2 Å². The number of nitro benzene ring substituents is 1. The number of carbonyl (C=O) groups excluding carboxylic acids is 1. The van der Waals surface area contributed by atoms with Crippen LogP contribution in [0.4, 0.5) is 5.69 Å². The van der Waals surface area contributed by atoms with Crippen LogP contribution in [0.1, 0.15) is 5.56 Å². The van der Waals surface area contributed by atoms with Crippen molar-refractivity contribution in [2.45, 2.75) is 0 Å². The number of nitrogens with zero attached hydrogens (tertiary/aromatic N) is 2. The van der Waals surface area contributed by atoms with E-state index >= 15 is 0 Å². The van der Waals surface area contributed by atoms with Gasteiger partial charge in [-0.1, -0.05) is 27.5 Å². The molecule has 0 saturated heterocycles. The number of methoxy groups -OCH3 is 1. The molecule has 0 aliphatic carbocycles. The van der Waals surface area contributed by atoms with Gasteiger partial charge < -0.3 is 14.6 Å². The molecule has 1 amide bonds. The molecule has 0 aliphatic rings. The minimum absolute atomic E-state index is 0.0232. The van der Waals surface area contributed by atoms with Crippen molar-refractivity contribution >= 4 is 45.3 Å². The maximum Gasteiger partial charge on any atom is 0.312 e. The normalized spacial score (nSPS) is 10.6. The van der Waals surface area contributed by atoms with Crippen LogP contribution in [0, 0.1) is 10.1 Å². The van der Waals surface area contributed by atoms with Gasteiger partial charge in [0.1, 0.15) is 0 Å². The topological polar surface area (TPSA) is 123 Å². The predicted molar refractivity (Wildman–Crippen MR) is 102 cm³/mol. The van der Waals surface area contributed by atoms with Crippen molar-refractivity contribution in [1.29, 1.82) is 0 Å². The lowest BCUT2D eigenvalue weighted by molar-refractivity contribution is -0.385. The maximum atomic E-state index is 11.8. The molecule has 0 unspecified atom stereocenters. The number of aromatic hydroxyl groups is 1. The summed E-state index contributed by atoms with van der Waals surface area (Å²) in [6.45, 7) is -0.350. The monoisotopic (exact) mass is 457 g/mol. The van der Waals surface area contributed by atoms with Gasteiger partial charge in [-0.3, -0.25) is 14.9 Å². The number of phenolic OH excluding ortho intramolecular Hbond substituents is 1. The highest BCUT2D eigenvalue weighted by Crippen LogP contribution is 2.32. The Balaban J connectivity index is 1.99. The number of hydrazone groups is 1. The van der Waals surface area contributed by atoms with Crippen molar-refractivity contribution in [2.75, 3.05) is 13.7 Å². The molecule has 2 N–H and O–H groups in total. The number of carbonyl (C=O) groups is 1. The summed E-state index contributed by atoms with van der Waals surface area (Å²) in [6.07, 6.45) is 1.03. The van der Waals surface area contributed by atoms with Gasteiger partial charge in [-0.05, 0) is 24.3 Å². The highest BCUT2D eigenvalue weighted by atomic mass is 79.9. The average molecular weight is 459 g/mol. The molecule has 2 rings (SSSR count). The lowest BCUT2D eigenvalue weighted by atomic mass is 10.2. The lowest BCUT2D eigenvalue weighted by Gasteiger charge is -2.10. The van der Waals surface area contributed by atoms with E-state index in [9.17, 15) is 20.0 Å². The minimum atomic E-state index is -0.781. The van der Waals surface area contributed by atoms with Crippen molar-refractivity contribution in [2.24, 2.45) is 5.10 Å². The molecule has 0 radical (unpaired) electrons. The van der Waals surface area contributed by atoms with E-state index in [0.717, 1.165) is 16.8 Å². The van der Waals surface area contributed by atoms with E-state index in [1.165, 1.54) is 13.2 Å². The average Bonchev–Trinajstić information content (AvgIpc) is 2.62. The molecule has 0 spiro atoms. The van der Waals surface area contributed by atoms with Crippen LogP contribution in [0.3, 0.4) is 0 Å². The van der Waals surface area contributed by atoms with Crippen molar-refractivity contribution in [3.63, 3.8) is 0 Å². The van der Waals surface area contributed by atoms with Gasteiger partial charge >= 0.3 is 5.69 Å². The number of rotatable bonds is 7. The van der Waals surface area contributed by atoms with Gasteiger partial charge in [0.05, 0.1) is 18.2 Å². The summed E-state index contributed by atoms with van der Waals surface area (Å²) >= 11 is 9.06. The van der Waals surface area contributed by atoms with Crippen LogP contribution in [0.25, 0.3) is 0 Å². The first kappa shape index (κ1) is 20.5. The molecule has 0 aliphatic heterocycles. The molecule has 11 heteroatoms. The molecular weight excluding hydrogens is 446 g/mol. The number of amides is 1. The third-order valence-corrected chi connectivity index (χ3v) is 3.87. The number of benzene rings is 2. The molecule has 0 saturated carbocycles. The van der Waals surface area contributed by atoms with Crippen LogP contribution >= 0.6 is 27.5 Å². The van der Waals surface area contributed by atoms with E-state index in [0.29, 0.717) is 11.5 Å². The molecule has 0 aromatic heterocycles. The quantitative estimate of drug-likeness (QED) is 0.373. The van der Waals surface area contributed by atoms with Gasteiger partial charge in [-0.25, -0.2) is 5.43 Å². The fourth-order valence-electron chi connectivity index (χ4n) is 1.95. The molecule has 0 fully saturated rings. The molecule has 0 bridgehead atoms. The van der Waals surface area contributed by atoms with E-state index in [4.69, 9.17) is 21.1 Å². The first-order chi connectivity index (χ1) is 12.8. The van der Waals surface area contributed by atoms with Crippen LogP contribution < -0.4 is 14.9 Å². The molecule has 9 nitrogen and oxygen atoms in total. The Hall–Kier alpha value is -2.85. The van der Waals surface area contributed by atoms with Crippen molar-refractivity contribution in [3.05, 3.63) is 55.5 Å². The van der Waals surface area contributed by atoms with E-state index in [-0.39, 0.29) is 17.2 Å². The number of hydrogen-bond donors (Lipinski definition) is 2. The Morgan fingerprint density at radius 3 is 2.81 bits per heavy atom. The lowest BCUT2D eigenvalue weighted by Crippen LogP contribution is -2.24. The zero-order valence-electron chi connectivity index (χ0n) is 13.8. The van der Waals surface area contributed by atoms with Gasteiger partial charge in [0, 0.05) is 21.1 Å². The molecular formula is C16H13BrClN3O6. The first-order valence-electron chi connectivity index (χ1n) is 7.27. The van der Waals surface area contributed by atoms with E-state index in [1.54, 1.807) is 18.2 Å². The summed E-state index contributed by atoms with van der Waals surface area (Å²) in [5.41, 5.74) is 1.59. The number of nitrogens with one attached hydrogen (secondary N) is 1. The molecule has 2 aromatic carbocycles. The van der Waals surface area contributed by atoms with Gasteiger partial charge in [-0.2, -0.15) is 5.10 Å². The smallest absolute Gasteiger partial charge is 0.312 e. The fourth-order valence-corrected chi connectivity index (χ4v) is 2.51. The molecule has 0 heterocycles. The second-order valence-corrected chi connectivity index (χ2v) is 6.35. The Bertz CT molecular complexity index is 906. The number of ether oxygens (including phenoxy) is 2. The van der Waals surface area contributed by atoms with Gasteiger partial charge in [-0.15, -0.1) is 0 Å². The van der Waals surface area contributed by atoms with E-state index < -0.39 is 22.3 Å². The molecule has 0 atom stereocenters. The number of nitro groups is 1. The van der Waals surface area contributed by atoms with Gasteiger partial charge in [0.25, 0.3) is 5.91 Å². The first-order valence-corrected chi connectivity index (χ1v) is 8.44. The number of hydrogen-bond acceptors (Lipinski definition) is 7. The summed E-state index contributed by atoms with van der Waals surface area (Å²) in [6, 6.07) is 7.31. The van der Waals surface area contributed by atoms with Crippen molar-refractivity contribution in [1.82, 2.24) is 5.43 Å². The summed E-state index contributed by atoms with van der Waals surface area (Å²) in [4.78, 5) is 21.9. The van der Waals surface area contributed by atoms with Crippen LogP contribution in [-0.4, -0.2) is 35.9 Å². The molecule has 2 aromatic rings. The standard InChI is InChI=1S/C16H13BrClN3O6/c1-26-14-5-10(17)2-3-13(14)27-8-15(22)20-19-7-9-4-11(18)6-12(16(9)23)21(24)25/h2-7,23H,8H2,1H3,(H,20,22). The van der Waals surface area contributed by atoms with Crippen LogP contribution in [0.2, 0.25) is 5.02 Å². The van der Waals surface area contributed by atoms with Crippen LogP contribution in [0.15, 0.2) is 39.9 Å². The van der Waals surface area contributed by atoms with Crippen molar-refractivity contribution < 1.29 is 24.3 Å². The predicted octanol–water partition coefficient (Wildman–Crippen LogP) is 3.25. The number of halogens is 2. The minimum Gasteiger partial charge on any atom is -0.502 e. The summed E-state index contributed by atoms with van der Waals surface area (Å²) in [7, 11) is 1.47. The zero-order chi connectivity index (χ0) is 20.0. The maximum absolute atomic E-state index is 11.8. The Morgan fingerprint density at radius 2 is 2.15 bits per heavy atom. The number of phenols is 1. The zero-order valence-corrected chi connectivity index (χ0v) is 16.2. The van der Waals surface area contributed by atoms with E-state index in [2.05, 4.69) is 26.5 Å². The third-order valence-electron chi connectivity index (χ3n) is 3.16. The van der Waals surface area contributed by atoms with Crippen LogP contribution in [-0.2, 0) is 4.79 Å². The Morgan fingerprint density at radius 1 is 1.41 bits per heavy atom. The molecule has 142 valence electrons. The second kappa shape index (κ2) is 9.19. The largest absolute Gasteiger partial charge is 0.502 e. The summed E-state index contributed by atoms with van der Waals surface area (Å²) in [5.74, 6) is -0.398. The highest BCUT2D eigenvalue weighted by molar-refractivity contribution is 9.10. The SMILES string of the molecule is COc1cc(Br)ccc1OCC(=O)NN=Cc1cc(Cl)cc([N+](=O)[O-])c1O. The van der Waals surface area contributed by atoms with Gasteiger partial charge in [0.15, 0.2) is 18.1 Å². The third kappa shape index (κ3) is 5.56. The van der Waals surface area contributed by atoms with Gasteiger partial charge in [0.2, 0.25) is 5.75 Å². The summed E-state index contributed by atoms with van der Waals surface area (Å²) in [5, 5.41) is 24.3. The highest BCUT2D eigenvalue weighted by Gasteiger charge is 2.17.